The summed E-state index contributed by atoms with van der Waals surface area (Å²) in [4.78, 5) is 41.2. The van der Waals surface area contributed by atoms with Crippen LogP contribution in [0.5, 0.6) is 5.75 Å². The first-order chi connectivity index (χ1) is 21.5. The number of para-hydroxylation sites is 1. The summed E-state index contributed by atoms with van der Waals surface area (Å²) in [7, 11) is 1.33. The Balaban J connectivity index is 1.39. The molecular weight excluding hydrogens is 591 g/mol. The smallest absolute Gasteiger partial charge is 0.333 e. The number of nitrogens with one attached hydrogen (secondary N) is 1. The van der Waals surface area contributed by atoms with E-state index in [4.69, 9.17) is 9.47 Å². The average molecular weight is 623 g/mol. The summed E-state index contributed by atoms with van der Waals surface area (Å²) < 4.78 is 10.8. The number of fused-ring (bicyclic) bond motifs is 1. The molecule has 0 aromatic heterocycles. The number of carbonyl (C=O) groups excluding carboxylic acids is 3. The van der Waals surface area contributed by atoms with E-state index in [0.29, 0.717) is 11.3 Å². The van der Waals surface area contributed by atoms with Crippen LogP contribution in [-0.4, -0.2) is 59.7 Å². The molecule has 44 heavy (non-hydrogen) atoms. The standard InChI is InChI=1S/C35H31N2O5PS/c1-41-35(40)32-25(24-44-34-31(33(39)37(32)34)36-30(38)22-42-26-14-6-2-7-15-26)23-43(27-16-8-3-9-17-27,28-18-10-4-11-19-28)29-20-12-5-13-21-29/h2-21,23-24,31-32,34H,22H2,1H3,(H,36,38)/t31-,32?,34-/m1/s1. The molecule has 1 fully saturated rings. The molecule has 4 aromatic carbocycles. The summed E-state index contributed by atoms with van der Waals surface area (Å²) in [6.45, 7) is -2.69. The molecule has 2 amide bonds. The van der Waals surface area contributed by atoms with Gasteiger partial charge in [0.25, 0.3) is 5.91 Å². The van der Waals surface area contributed by atoms with Crippen LogP contribution in [0, 0.1) is 0 Å². The van der Waals surface area contributed by atoms with Gasteiger partial charge in [0, 0.05) is 0 Å². The van der Waals surface area contributed by atoms with Crippen LogP contribution in [0.15, 0.2) is 132 Å². The molecule has 1 N–H and O–H groups in total. The fourth-order valence-corrected chi connectivity index (χ4v) is 10.9. The lowest BCUT2D eigenvalue weighted by molar-refractivity contribution is -0.161. The number of benzene rings is 4. The molecule has 2 heterocycles. The topological polar surface area (TPSA) is 84.9 Å². The molecule has 0 saturated carbocycles. The predicted molar refractivity (Wildman–Crippen MR) is 177 cm³/mol. The number of hydrogen-bond acceptors (Lipinski definition) is 6. The second kappa shape index (κ2) is 13.0. The minimum atomic E-state index is -2.47. The van der Waals surface area contributed by atoms with E-state index in [-0.39, 0.29) is 12.5 Å². The van der Waals surface area contributed by atoms with Gasteiger partial charge in [-0.25, -0.2) is 4.79 Å². The van der Waals surface area contributed by atoms with Crippen molar-refractivity contribution in [3.8, 4) is 5.75 Å². The molecule has 2 aliphatic rings. The summed E-state index contributed by atoms with van der Waals surface area (Å²) >= 11 is 1.41. The van der Waals surface area contributed by atoms with Gasteiger partial charge in [0.1, 0.15) is 17.2 Å². The number of thioether (sulfide) groups is 1. The van der Waals surface area contributed by atoms with Crippen LogP contribution in [0.25, 0.3) is 0 Å². The zero-order chi connectivity index (χ0) is 30.5. The predicted octanol–water partition coefficient (Wildman–Crippen LogP) is 3.69. The minimum Gasteiger partial charge on any atom is -0.484 e. The Hall–Kier alpha value is -4.52. The molecular formula is C35H31N2O5PS. The molecule has 9 heteroatoms. The zero-order valence-corrected chi connectivity index (χ0v) is 25.7. The summed E-state index contributed by atoms with van der Waals surface area (Å²) in [6, 6.07) is 38.1. The Bertz CT molecular complexity index is 1630. The van der Waals surface area contributed by atoms with Gasteiger partial charge < -0.3 is 19.7 Å². The van der Waals surface area contributed by atoms with Crippen molar-refractivity contribution in [2.24, 2.45) is 0 Å². The molecule has 4 aromatic rings. The largest absolute Gasteiger partial charge is 0.484 e. The third kappa shape index (κ3) is 5.59. The molecule has 1 saturated heterocycles. The lowest BCUT2D eigenvalue weighted by Gasteiger charge is -2.51. The van der Waals surface area contributed by atoms with E-state index in [1.165, 1.54) is 23.8 Å². The third-order valence-corrected chi connectivity index (χ3v) is 12.9. The molecule has 2 aliphatic heterocycles. The maximum absolute atomic E-state index is 13.6. The van der Waals surface area contributed by atoms with Gasteiger partial charge >= 0.3 is 5.97 Å². The Morgan fingerprint density at radius 1 is 0.818 bits per heavy atom. The third-order valence-electron chi connectivity index (χ3n) is 7.70. The Morgan fingerprint density at radius 2 is 1.32 bits per heavy atom. The number of methoxy groups -OCH3 is 1. The van der Waals surface area contributed by atoms with Gasteiger partial charge in [-0.15, -0.1) is 11.8 Å². The van der Waals surface area contributed by atoms with Crippen LogP contribution >= 0.6 is 18.6 Å². The van der Waals surface area contributed by atoms with Crippen molar-refractivity contribution in [2.45, 2.75) is 17.5 Å². The highest BCUT2D eigenvalue weighted by Crippen LogP contribution is 2.47. The average Bonchev–Trinajstić information content (AvgIpc) is 3.09. The molecule has 0 radical (unpaired) electrons. The van der Waals surface area contributed by atoms with E-state index in [0.717, 1.165) is 15.9 Å². The van der Waals surface area contributed by atoms with Gasteiger partial charge in [-0.05, 0) is 51.7 Å². The van der Waals surface area contributed by atoms with Crippen molar-refractivity contribution in [3.63, 3.8) is 0 Å². The summed E-state index contributed by atoms with van der Waals surface area (Å²) in [6.07, 6.45) is 0. The maximum Gasteiger partial charge on any atom is 0.333 e. The van der Waals surface area contributed by atoms with Crippen molar-refractivity contribution in [3.05, 3.63) is 132 Å². The highest BCUT2D eigenvalue weighted by molar-refractivity contribution is 8.03. The number of nitrogens with zero attached hydrogens (tertiary/aromatic N) is 1. The lowest BCUT2D eigenvalue weighted by Crippen LogP contribution is -2.74. The van der Waals surface area contributed by atoms with E-state index in [9.17, 15) is 14.4 Å². The first kappa shape index (κ1) is 29.5. The van der Waals surface area contributed by atoms with Gasteiger partial charge in [0.2, 0.25) is 5.91 Å². The Labute approximate surface area is 260 Å². The van der Waals surface area contributed by atoms with Gasteiger partial charge in [-0.3, -0.25) is 9.59 Å². The van der Waals surface area contributed by atoms with Gasteiger partial charge in [-0.1, -0.05) is 109 Å². The summed E-state index contributed by atoms with van der Waals surface area (Å²) in [5.74, 6) is 1.46. The molecule has 3 atom stereocenters. The van der Waals surface area contributed by atoms with Crippen LogP contribution in [0.3, 0.4) is 0 Å². The number of amides is 2. The maximum atomic E-state index is 13.6. The van der Waals surface area contributed by atoms with Gasteiger partial charge in [0.05, 0.1) is 7.11 Å². The molecule has 0 aliphatic carbocycles. The molecule has 0 bridgehead atoms. The Kier molecular flexibility index (Phi) is 8.73. The zero-order valence-electron chi connectivity index (χ0n) is 24.0. The number of rotatable bonds is 9. The van der Waals surface area contributed by atoms with Crippen LogP contribution in [0.4, 0.5) is 0 Å². The monoisotopic (exact) mass is 622 g/mol. The molecule has 0 spiro atoms. The fourth-order valence-electron chi connectivity index (χ4n) is 5.64. The van der Waals surface area contributed by atoms with Crippen molar-refractivity contribution in [2.75, 3.05) is 13.7 Å². The molecule has 7 nitrogen and oxygen atoms in total. The minimum absolute atomic E-state index is 0.224. The molecule has 6 rings (SSSR count). The van der Waals surface area contributed by atoms with Gasteiger partial charge in [0.15, 0.2) is 12.6 Å². The summed E-state index contributed by atoms with van der Waals surface area (Å²) in [5, 5.41) is 7.63. The highest BCUT2D eigenvalue weighted by Gasteiger charge is 2.56. The first-order valence-corrected chi connectivity index (χ1v) is 17.0. The number of esters is 1. The van der Waals surface area contributed by atoms with Crippen LogP contribution < -0.4 is 26.0 Å². The lowest BCUT2D eigenvalue weighted by atomic mass is 9.99. The van der Waals surface area contributed by atoms with E-state index < -0.39 is 36.2 Å². The van der Waals surface area contributed by atoms with E-state index in [1.54, 1.807) is 12.1 Å². The van der Waals surface area contributed by atoms with Crippen LogP contribution in [0.1, 0.15) is 0 Å². The second-order valence-corrected chi connectivity index (χ2v) is 14.6. The van der Waals surface area contributed by atoms with E-state index in [2.05, 4.69) is 47.5 Å². The number of carbonyl (C=O) groups is 3. The van der Waals surface area contributed by atoms with Crippen LogP contribution in [-0.2, 0) is 19.1 Å². The normalized spacial score (nSPS) is 19.1. The van der Waals surface area contributed by atoms with Gasteiger partial charge in [-0.2, -0.15) is 0 Å². The van der Waals surface area contributed by atoms with E-state index in [1.807, 2.05) is 78.2 Å². The Morgan fingerprint density at radius 3 is 1.82 bits per heavy atom. The van der Waals surface area contributed by atoms with Crippen molar-refractivity contribution >= 4 is 58.1 Å². The molecule has 1 unspecified atom stereocenters. The highest BCUT2D eigenvalue weighted by atomic mass is 32.2. The fraction of sp³-hybridized carbons (Fsp3) is 0.143. The van der Waals surface area contributed by atoms with E-state index >= 15 is 0 Å². The SMILES string of the molecule is COC(=O)C1C(C=P(c2ccccc2)(c2ccccc2)c2ccccc2)=CS[C@@H]2[C@H](NC(=O)COc3ccccc3)C(=O)N12. The number of hydrogen-bond donors (Lipinski definition) is 1. The number of ether oxygens (including phenoxy) is 2. The molecule has 222 valence electrons. The van der Waals surface area contributed by atoms with Crippen molar-refractivity contribution < 1.29 is 23.9 Å². The first-order valence-electron chi connectivity index (χ1n) is 14.2. The summed E-state index contributed by atoms with van der Waals surface area (Å²) in [5.41, 5.74) is 0.688. The van der Waals surface area contributed by atoms with Crippen molar-refractivity contribution in [1.82, 2.24) is 10.2 Å². The van der Waals surface area contributed by atoms with Crippen LogP contribution in [0.2, 0.25) is 0 Å². The number of β-lactam (4-membered cyclic amide) rings is 1. The second-order valence-electron chi connectivity index (χ2n) is 10.3. The quantitative estimate of drug-likeness (QED) is 0.174. The van der Waals surface area contributed by atoms with Crippen molar-refractivity contribution in [1.29, 1.82) is 0 Å².